The van der Waals surface area contributed by atoms with Crippen LogP contribution in [0.4, 0.5) is 5.82 Å². The SMILES string of the molecule is Cc1c(Cl)ncnc1N1CC(C)SC(C)C1. The molecule has 0 aromatic carbocycles. The van der Waals surface area contributed by atoms with E-state index in [4.69, 9.17) is 11.6 Å². The summed E-state index contributed by atoms with van der Waals surface area (Å²) in [6.45, 7) is 8.55. The summed E-state index contributed by atoms with van der Waals surface area (Å²) in [7, 11) is 0. The first-order chi connectivity index (χ1) is 7.58. The Bertz CT molecular complexity index is 375. The van der Waals surface area contributed by atoms with E-state index in [0.717, 1.165) is 24.5 Å². The van der Waals surface area contributed by atoms with E-state index in [9.17, 15) is 0 Å². The molecule has 1 aliphatic heterocycles. The van der Waals surface area contributed by atoms with Crippen molar-refractivity contribution in [1.29, 1.82) is 0 Å². The second-order valence-electron chi connectivity index (χ2n) is 4.28. The standard InChI is InChI=1S/C11H16ClN3S/c1-7-4-15(5-8(2)16-7)11-9(3)10(12)13-6-14-11/h6-8H,4-5H2,1-3H3. The molecule has 1 fully saturated rings. The van der Waals surface area contributed by atoms with Gasteiger partial charge in [0, 0.05) is 29.2 Å². The first kappa shape index (κ1) is 12.0. The molecular formula is C11H16ClN3S. The molecule has 88 valence electrons. The fraction of sp³-hybridized carbons (Fsp3) is 0.636. The lowest BCUT2D eigenvalue weighted by molar-refractivity contribution is 0.714. The fourth-order valence-electron chi connectivity index (χ4n) is 2.09. The van der Waals surface area contributed by atoms with E-state index in [1.165, 1.54) is 0 Å². The average Bonchev–Trinajstić information content (AvgIpc) is 2.20. The van der Waals surface area contributed by atoms with Gasteiger partial charge in [0.25, 0.3) is 0 Å². The molecule has 0 saturated carbocycles. The van der Waals surface area contributed by atoms with Crippen LogP contribution in [0.2, 0.25) is 5.15 Å². The summed E-state index contributed by atoms with van der Waals surface area (Å²) in [5, 5.41) is 1.83. The van der Waals surface area contributed by atoms with E-state index >= 15 is 0 Å². The van der Waals surface area contributed by atoms with Gasteiger partial charge in [0.1, 0.15) is 17.3 Å². The van der Waals surface area contributed by atoms with Gasteiger partial charge in [0.2, 0.25) is 0 Å². The number of thioether (sulfide) groups is 1. The molecule has 0 aliphatic carbocycles. The first-order valence-electron chi connectivity index (χ1n) is 5.45. The third-order valence-electron chi connectivity index (χ3n) is 2.72. The van der Waals surface area contributed by atoms with Crippen molar-refractivity contribution in [2.75, 3.05) is 18.0 Å². The van der Waals surface area contributed by atoms with Crippen LogP contribution in [-0.2, 0) is 0 Å². The molecule has 1 saturated heterocycles. The van der Waals surface area contributed by atoms with Gasteiger partial charge in [0.05, 0.1) is 0 Å². The summed E-state index contributed by atoms with van der Waals surface area (Å²) in [5.41, 5.74) is 0.982. The topological polar surface area (TPSA) is 29.0 Å². The van der Waals surface area contributed by atoms with Crippen LogP contribution in [0.3, 0.4) is 0 Å². The maximum absolute atomic E-state index is 6.02. The normalized spacial score (nSPS) is 25.9. The van der Waals surface area contributed by atoms with Crippen LogP contribution in [0.25, 0.3) is 0 Å². The summed E-state index contributed by atoms with van der Waals surface area (Å²) in [5.74, 6) is 0.985. The Hall–Kier alpha value is -0.480. The average molecular weight is 258 g/mol. The molecule has 0 spiro atoms. The van der Waals surface area contributed by atoms with Crippen LogP contribution in [0.5, 0.6) is 0 Å². The molecule has 1 aromatic heterocycles. The smallest absolute Gasteiger partial charge is 0.137 e. The molecule has 16 heavy (non-hydrogen) atoms. The third-order valence-corrected chi connectivity index (χ3v) is 4.32. The van der Waals surface area contributed by atoms with Gasteiger partial charge in [-0.2, -0.15) is 11.8 Å². The van der Waals surface area contributed by atoms with Gasteiger partial charge in [-0.25, -0.2) is 9.97 Å². The van der Waals surface area contributed by atoms with Crippen LogP contribution in [0.15, 0.2) is 6.33 Å². The predicted molar refractivity (Wildman–Crippen MR) is 70.5 cm³/mol. The molecule has 2 atom stereocenters. The highest BCUT2D eigenvalue weighted by Gasteiger charge is 2.24. The van der Waals surface area contributed by atoms with E-state index < -0.39 is 0 Å². The van der Waals surface area contributed by atoms with Crippen LogP contribution in [0, 0.1) is 6.92 Å². The summed E-state index contributed by atoms with van der Waals surface area (Å²) in [4.78, 5) is 10.7. The van der Waals surface area contributed by atoms with Crippen LogP contribution in [-0.4, -0.2) is 33.6 Å². The van der Waals surface area contributed by atoms with Crippen molar-refractivity contribution in [3.05, 3.63) is 17.0 Å². The number of anilines is 1. The first-order valence-corrected chi connectivity index (χ1v) is 6.77. The molecular weight excluding hydrogens is 242 g/mol. The van der Waals surface area contributed by atoms with Gasteiger partial charge in [-0.3, -0.25) is 0 Å². The lowest BCUT2D eigenvalue weighted by Gasteiger charge is -2.36. The number of nitrogens with zero attached hydrogens (tertiary/aromatic N) is 3. The number of rotatable bonds is 1. The lowest BCUT2D eigenvalue weighted by atomic mass is 10.2. The highest BCUT2D eigenvalue weighted by molar-refractivity contribution is 8.00. The molecule has 2 unspecified atom stereocenters. The fourth-order valence-corrected chi connectivity index (χ4v) is 3.54. The Labute approximate surface area is 106 Å². The van der Waals surface area contributed by atoms with Crippen molar-refractivity contribution in [1.82, 2.24) is 9.97 Å². The summed E-state index contributed by atoms with van der Waals surface area (Å²) < 4.78 is 0. The van der Waals surface area contributed by atoms with Crippen molar-refractivity contribution < 1.29 is 0 Å². The van der Waals surface area contributed by atoms with Gasteiger partial charge in [-0.05, 0) is 6.92 Å². The Morgan fingerprint density at radius 1 is 1.31 bits per heavy atom. The quantitative estimate of drug-likeness (QED) is 0.724. The summed E-state index contributed by atoms with van der Waals surface area (Å²) >= 11 is 8.05. The highest BCUT2D eigenvalue weighted by atomic mass is 35.5. The minimum Gasteiger partial charge on any atom is -0.354 e. The van der Waals surface area contributed by atoms with Crippen molar-refractivity contribution >= 4 is 29.2 Å². The van der Waals surface area contributed by atoms with E-state index in [0.29, 0.717) is 15.7 Å². The Balaban J connectivity index is 2.26. The number of hydrogen-bond acceptors (Lipinski definition) is 4. The molecule has 1 aromatic rings. The van der Waals surface area contributed by atoms with Gasteiger partial charge in [-0.15, -0.1) is 0 Å². The van der Waals surface area contributed by atoms with E-state index in [2.05, 4.69) is 28.7 Å². The van der Waals surface area contributed by atoms with Crippen molar-refractivity contribution in [3.8, 4) is 0 Å². The summed E-state index contributed by atoms with van der Waals surface area (Å²) in [6, 6.07) is 0. The van der Waals surface area contributed by atoms with E-state index in [-0.39, 0.29) is 0 Å². The number of halogens is 1. The van der Waals surface area contributed by atoms with Crippen LogP contribution < -0.4 is 4.90 Å². The zero-order valence-electron chi connectivity index (χ0n) is 9.77. The second-order valence-corrected chi connectivity index (χ2v) is 6.52. The summed E-state index contributed by atoms with van der Waals surface area (Å²) in [6.07, 6.45) is 1.54. The maximum atomic E-state index is 6.02. The minimum atomic E-state index is 0.559. The Morgan fingerprint density at radius 2 is 1.94 bits per heavy atom. The minimum absolute atomic E-state index is 0.559. The third kappa shape index (κ3) is 2.43. The molecule has 1 aliphatic rings. The zero-order chi connectivity index (χ0) is 11.7. The maximum Gasteiger partial charge on any atom is 0.137 e. The monoisotopic (exact) mass is 257 g/mol. The second kappa shape index (κ2) is 4.80. The van der Waals surface area contributed by atoms with Crippen molar-refractivity contribution in [3.63, 3.8) is 0 Å². The lowest BCUT2D eigenvalue weighted by Crippen LogP contribution is -2.41. The van der Waals surface area contributed by atoms with Crippen LogP contribution >= 0.6 is 23.4 Å². The predicted octanol–water partition coefficient (Wildman–Crippen LogP) is 2.77. The molecule has 5 heteroatoms. The van der Waals surface area contributed by atoms with Crippen LogP contribution in [0.1, 0.15) is 19.4 Å². The van der Waals surface area contributed by atoms with Gasteiger partial charge >= 0.3 is 0 Å². The van der Waals surface area contributed by atoms with Gasteiger partial charge in [0.15, 0.2) is 0 Å². The molecule has 0 radical (unpaired) electrons. The van der Waals surface area contributed by atoms with Gasteiger partial charge < -0.3 is 4.90 Å². The number of hydrogen-bond donors (Lipinski definition) is 0. The molecule has 3 nitrogen and oxygen atoms in total. The number of aromatic nitrogens is 2. The molecule has 0 N–H and O–H groups in total. The van der Waals surface area contributed by atoms with Crippen molar-refractivity contribution in [2.45, 2.75) is 31.3 Å². The Kier molecular flexibility index (Phi) is 3.60. The highest BCUT2D eigenvalue weighted by Crippen LogP contribution is 2.30. The zero-order valence-corrected chi connectivity index (χ0v) is 11.3. The molecule has 0 amide bonds. The molecule has 2 heterocycles. The largest absolute Gasteiger partial charge is 0.354 e. The van der Waals surface area contributed by atoms with E-state index in [1.54, 1.807) is 6.33 Å². The Morgan fingerprint density at radius 3 is 2.56 bits per heavy atom. The van der Waals surface area contributed by atoms with Crippen molar-refractivity contribution in [2.24, 2.45) is 0 Å². The molecule has 2 rings (SSSR count). The molecule has 0 bridgehead atoms. The van der Waals surface area contributed by atoms with E-state index in [1.807, 2.05) is 18.7 Å². The van der Waals surface area contributed by atoms with Gasteiger partial charge in [-0.1, -0.05) is 25.4 Å².